The molecular formula is C9H16N2O3. The lowest BCUT2D eigenvalue weighted by atomic mass is 10.1. The number of carbonyl (C=O) groups excluding carboxylic acids is 1. The predicted molar refractivity (Wildman–Crippen MR) is 50.8 cm³/mol. The Morgan fingerprint density at radius 1 is 1.57 bits per heavy atom. The number of rotatable bonds is 3. The standard InChI is InChI=1S/C9H16N2O3/c1-6(8(12)10-2)11-4-3-7(5-11)9(13)14/h6-7H,3-5H2,1-2H3,(H,10,12)(H,13,14). The highest BCUT2D eigenvalue weighted by Gasteiger charge is 2.32. The minimum Gasteiger partial charge on any atom is -0.481 e. The highest BCUT2D eigenvalue weighted by Crippen LogP contribution is 2.18. The lowest BCUT2D eigenvalue weighted by Crippen LogP contribution is -2.43. The quantitative estimate of drug-likeness (QED) is 0.646. The monoisotopic (exact) mass is 200 g/mol. The molecule has 2 N–H and O–H groups in total. The molecule has 1 saturated heterocycles. The molecule has 0 aromatic carbocycles. The zero-order valence-electron chi connectivity index (χ0n) is 8.49. The first kappa shape index (κ1) is 11.0. The molecule has 1 aliphatic heterocycles. The van der Waals surface area contributed by atoms with Crippen LogP contribution in [0.3, 0.4) is 0 Å². The molecular weight excluding hydrogens is 184 g/mol. The molecule has 0 aliphatic carbocycles. The molecule has 0 bridgehead atoms. The molecule has 1 amide bonds. The summed E-state index contributed by atoms with van der Waals surface area (Å²) < 4.78 is 0. The third-order valence-electron chi connectivity index (χ3n) is 2.74. The van der Waals surface area contributed by atoms with Gasteiger partial charge in [0, 0.05) is 13.6 Å². The van der Waals surface area contributed by atoms with E-state index in [-0.39, 0.29) is 17.9 Å². The fourth-order valence-electron chi connectivity index (χ4n) is 1.72. The van der Waals surface area contributed by atoms with Gasteiger partial charge in [0.2, 0.25) is 5.91 Å². The maximum absolute atomic E-state index is 11.3. The van der Waals surface area contributed by atoms with Crippen molar-refractivity contribution >= 4 is 11.9 Å². The summed E-state index contributed by atoms with van der Waals surface area (Å²) in [7, 11) is 1.59. The van der Waals surface area contributed by atoms with E-state index in [1.54, 1.807) is 14.0 Å². The van der Waals surface area contributed by atoms with Crippen molar-refractivity contribution in [2.45, 2.75) is 19.4 Å². The molecule has 2 atom stereocenters. The van der Waals surface area contributed by atoms with Gasteiger partial charge in [-0.1, -0.05) is 0 Å². The fourth-order valence-corrected chi connectivity index (χ4v) is 1.72. The second-order valence-electron chi connectivity index (χ2n) is 3.61. The normalized spacial score (nSPS) is 24.6. The summed E-state index contributed by atoms with van der Waals surface area (Å²) in [6.45, 7) is 2.96. The molecule has 0 radical (unpaired) electrons. The van der Waals surface area contributed by atoms with Gasteiger partial charge >= 0.3 is 5.97 Å². The molecule has 1 heterocycles. The van der Waals surface area contributed by atoms with Crippen LogP contribution in [0.5, 0.6) is 0 Å². The van der Waals surface area contributed by atoms with Gasteiger partial charge in [0.25, 0.3) is 0 Å². The molecule has 1 fully saturated rings. The van der Waals surface area contributed by atoms with Gasteiger partial charge in [-0.15, -0.1) is 0 Å². The van der Waals surface area contributed by atoms with Gasteiger partial charge in [-0.2, -0.15) is 0 Å². The van der Waals surface area contributed by atoms with Gasteiger partial charge in [0.15, 0.2) is 0 Å². The summed E-state index contributed by atoms with van der Waals surface area (Å²) in [6, 6.07) is -0.232. The van der Waals surface area contributed by atoms with Crippen LogP contribution in [0.1, 0.15) is 13.3 Å². The van der Waals surface area contributed by atoms with Gasteiger partial charge in [0.1, 0.15) is 0 Å². The molecule has 0 saturated carbocycles. The summed E-state index contributed by atoms with van der Waals surface area (Å²) >= 11 is 0. The van der Waals surface area contributed by atoms with Crippen LogP contribution in [-0.4, -0.2) is 48.1 Å². The first-order chi connectivity index (χ1) is 6.56. The number of hydrogen-bond acceptors (Lipinski definition) is 3. The Hall–Kier alpha value is -1.10. The predicted octanol–water partition coefficient (Wildman–Crippen LogP) is -0.473. The second kappa shape index (κ2) is 4.41. The van der Waals surface area contributed by atoms with E-state index in [2.05, 4.69) is 5.32 Å². The summed E-state index contributed by atoms with van der Waals surface area (Å²) in [5.41, 5.74) is 0. The number of aliphatic carboxylic acids is 1. The molecule has 0 spiro atoms. The van der Waals surface area contributed by atoms with Crippen LogP contribution >= 0.6 is 0 Å². The molecule has 1 aliphatic rings. The number of likely N-dealkylation sites (tertiary alicyclic amines) is 1. The van der Waals surface area contributed by atoms with Crippen LogP contribution in [0.25, 0.3) is 0 Å². The third-order valence-corrected chi connectivity index (χ3v) is 2.74. The highest BCUT2D eigenvalue weighted by molar-refractivity contribution is 5.81. The third kappa shape index (κ3) is 2.23. The van der Waals surface area contributed by atoms with E-state index in [1.165, 1.54) is 0 Å². The second-order valence-corrected chi connectivity index (χ2v) is 3.61. The minimum absolute atomic E-state index is 0.0592. The van der Waals surface area contributed by atoms with E-state index in [4.69, 9.17) is 5.11 Å². The number of carboxylic acids is 1. The Kier molecular flexibility index (Phi) is 3.46. The lowest BCUT2D eigenvalue weighted by Gasteiger charge is -2.22. The Morgan fingerprint density at radius 2 is 2.21 bits per heavy atom. The van der Waals surface area contributed by atoms with Crippen molar-refractivity contribution in [3.63, 3.8) is 0 Å². The molecule has 2 unspecified atom stereocenters. The summed E-state index contributed by atoms with van der Waals surface area (Å²) in [6.07, 6.45) is 0.636. The Morgan fingerprint density at radius 3 is 2.64 bits per heavy atom. The van der Waals surface area contributed by atoms with E-state index in [0.717, 1.165) is 0 Å². The van der Waals surface area contributed by atoms with Gasteiger partial charge < -0.3 is 10.4 Å². The number of amides is 1. The number of likely N-dealkylation sites (N-methyl/N-ethyl adjacent to an activating group) is 1. The molecule has 1 rings (SSSR count). The maximum atomic E-state index is 11.3. The lowest BCUT2D eigenvalue weighted by molar-refractivity contribution is -0.141. The number of nitrogens with one attached hydrogen (secondary N) is 1. The first-order valence-electron chi connectivity index (χ1n) is 4.74. The van der Waals surface area contributed by atoms with Crippen LogP contribution in [0.2, 0.25) is 0 Å². The van der Waals surface area contributed by atoms with Crippen molar-refractivity contribution in [1.82, 2.24) is 10.2 Å². The van der Waals surface area contributed by atoms with E-state index < -0.39 is 5.97 Å². The van der Waals surface area contributed by atoms with Crippen LogP contribution in [0.4, 0.5) is 0 Å². The minimum atomic E-state index is -0.767. The Labute approximate surface area is 83.1 Å². The number of hydrogen-bond donors (Lipinski definition) is 2. The van der Waals surface area contributed by atoms with Crippen molar-refractivity contribution in [3.8, 4) is 0 Å². The number of nitrogens with zero attached hydrogens (tertiary/aromatic N) is 1. The maximum Gasteiger partial charge on any atom is 0.307 e. The van der Waals surface area contributed by atoms with Crippen molar-refractivity contribution < 1.29 is 14.7 Å². The van der Waals surface area contributed by atoms with Gasteiger partial charge in [-0.25, -0.2) is 0 Å². The Bertz CT molecular complexity index is 242. The van der Waals surface area contributed by atoms with E-state index in [0.29, 0.717) is 19.5 Å². The van der Waals surface area contributed by atoms with E-state index >= 15 is 0 Å². The Balaban J connectivity index is 2.49. The number of carboxylic acid groups (broad SMARTS) is 1. The van der Waals surface area contributed by atoms with E-state index in [1.807, 2.05) is 4.90 Å². The van der Waals surface area contributed by atoms with Crippen LogP contribution in [0.15, 0.2) is 0 Å². The molecule has 5 nitrogen and oxygen atoms in total. The molecule has 0 aromatic heterocycles. The van der Waals surface area contributed by atoms with Crippen molar-refractivity contribution in [2.75, 3.05) is 20.1 Å². The largest absolute Gasteiger partial charge is 0.481 e. The molecule has 0 aromatic rings. The van der Waals surface area contributed by atoms with Crippen LogP contribution in [-0.2, 0) is 9.59 Å². The average Bonchev–Trinajstić information content (AvgIpc) is 2.64. The van der Waals surface area contributed by atoms with Gasteiger partial charge in [-0.3, -0.25) is 14.5 Å². The first-order valence-corrected chi connectivity index (χ1v) is 4.74. The summed E-state index contributed by atoms with van der Waals surface area (Å²) in [5.74, 6) is -1.14. The SMILES string of the molecule is CNC(=O)C(C)N1CCC(C(=O)O)C1. The van der Waals surface area contributed by atoms with Gasteiger partial charge in [0.05, 0.1) is 12.0 Å². The van der Waals surface area contributed by atoms with Crippen LogP contribution < -0.4 is 5.32 Å². The fraction of sp³-hybridized carbons (Fsp3) is 0.778. The van der Waals surface area contributed by atoms with Crippen molar-refractivity contribution in [2.24, 2.45) is 5.92 Å². The van der Waals surface area contributed by atoms with Crippen molar-refractivity contribution in [1.29, 1.82) is 0 Å². The molecule has 80 valence electrons. The zero-order valence-corrected chi connectivity index (χ0v) is 8.49. The number of carbonyl (C=O) groups is 2. The molecule has 5 heteroatoms. The summed E-state index contributed by atoms with van der Waals surface area (Å²) in [4.78, 5) is 23.9. The van der Waals surface area contributed by atoms with Crippen molar-refractivity contribution in [3.05, 3.63) is 0 Å². The average molecular weight is 200 g/mol. The summed E-state index contributed by atoms with van der Waals surface area (Å²) in [5, 5.41) is 11.3. The smallest absolute Gasteiger partial charge is 0.307 e. The topological polar surface area (TPSA) is 69.6 Å². The highest BCUT2D eigenvalue weighted by atomic mass is 16.4. The van der Waals surface area contributed by atoms with Gasteiger partial charge in [-0.05, 0) is 19.9 Å². The molecule has 14 heavy (non-hydrogen) atoms. The van der Waals surface area contributed by atoms with Crippen LogP contribution in [0, 0.1) is 5.92 Å². The zero-order chi connectivity index (χ0) is 10.7. The van der Waals surface area contributed by atoms with E-state index in [9.17, 15) is 9.59 Å².